The molecule has 0 saturated carbocycles. The van der Waals surface area contributed by atoms with E-state index in [9.17, 15) is 22.8 Å². The topological polar surface area (TPSA) is 136 Å². The highest BCUT2D eigenvalue weighted by Gasteiger charge is 2.53. The van der Waals surface area contributed by atoms with Gasteiger partial charge in [-0.2, -0.15) is 0 Å². The Labute approximate surface area is 167 Å². The molecule has 152 valence electrons. The van der Waals surface area contributed by atoms with E-state index in [0.29, 0.717) is 24.3 Å². The fraction of sp³-hybridized carbons (Fsp3) is 0.471. The number of nitrogens with zero attached hydrogens (tertiary/aromatic N) is 1. The van der Waals surface area contributed by atoms with Crippen molar-refractivity contribution in [2.45, 2.75) is 48.6 Å². The summed E-state index contributed by atoms with van der Waals surface area (Å²) < 4.78 is 27.8. The van der Waals surface area contributed by atoms with Gasteiger partial charge in [-0.15, -0.1) is 11.8 Å². The van der Waals surface area contributed by atoms with Gasteiger partial charge in [0.25, 0.3) is 5.91 Å². The predicted octanol–water partition coefficient (Wildman–Crippen LogP) is 0.658. The third-order valence-electron chi connectivity index (χ3n) is 4.83. The average Bonchev–Trinajstić information content (AvgIpc) is 3.10. The largest absolute Gasteiger partial charge is 0.451 e. The van der Waals surface area contributed by atoms with Gasteiger partial charge in [-0.3, -0.25) is 9.59 Å². The van der Waals surface area contributed by atoms with Crippen LogP contribution in [0.2, 0.25) is 0 Å². The second-order valence-electron chi connectivity index (χ2n) is 6.90. The molecule has 2 heterocycles. The quantitative estimate of drug-likeness (QED) is 0.659. The number of nitrogens with two attached hydrogens (primary N) is 1. The minimum atomic E-state index is -3.82. The molecule has 2 aliphatic heterocycles. The van der Waals surface area contributed by atoms with Crippen molar-refractivity contribution in [1.29, 1.82) is 0 Å². The van der Waals surface area contributed by atoms with E-state index in [1.54, 1.807) is 16.7 Å². The van der Waals surface area contributed by atoms with Gasteiger partial charge in [0.2, 0.25) is 15.9 Å². The van der Waals surface area contributed by atoms with Gasteiger partial charge in [0.1, 0.15) is 6.04 Å². The number of esters is 1. The SMILES string of the molecule is C[C@H](OC(=O)[C@H]1CS[C@]2(C)CCC(=O)N12)C(=O)Nc1ccc(S(N)(=O)=O)cc1. The van der Waals surface area contributed by atoms with Crippen molar-refractivity contribution in [2.75, 3.05) is 11.1 Å². The molecule has 0 unspecified atom stereocenters. The van der Waals surface area contributed by atoms with Crippen LogP contribution in [-0.4, -0.2) is 53.9 Å². The van der Waals surface area contributed by atoms with Crippen molar-refractivity contribution >= 4 is 45.3 Å². The van der Waals surface area contributed by atoms with Crippen LogP contribution >= 0.6 is 11.8 Å². The second kappa shape index (κ2) is 7.37. The molecule has 2 fully saturated rings. The molecule has 2 saturated heterocycles. The van der Waals surface area contributed by atoms with Gasteiger partial charge in [0, 0.05) is 17.9 Å². The van der Waals surface area contributed by atoms with Crippen LogP contribution < -0.4 is 10.5 Å². The van der Waals surface area contributed by atoms with E-state index in [2.05, 4.69) is 5.32 Å². The van der Waals surface area contributed by atoms with Gasteiger partial charge in [-0.25, -0.2) is 18.4 Å². The highest BCUT2D eigenvalue weighted by Crippen LogP contribution is 2.47. The van der Waals surface area contributed by atoms with Gasteiger partial charge in [-0.05, 0) is 44.5 Å². The molecular weight excluding hydrogens is 406 g/mol. The lowest BCUT2D eigenvalue weighted by Crippen LogP contribution is -2.48. The zero-order chi connectivity index (χ0) is 20.7. The lowest BCUT2D eigenvalue weighted by atomic mass is 10.2. The maximum absolute atomic E-state index is 12.5. The first kappa shape index (κ1) is 20.6. The summed E-state index contributed by atoms with van der Waals surface area (Å²) in [5.41, 5.74) is 0.332. The number of thioether (sulfide) groups is 1. The Balaban J connectivity index is 1.60. The number of benzene rings is 1. The maximum atomic E-state index is 12.5. The Kier molecular flexibility index (Phi) is 5.43. The van der Waals surface area contributed by atoms with E-state index in [0.717, 1.165) is 0 Å². The standard InChI is InChI=1S/C17H21N3O6S2/c1-10(15(22)19-11-3-5-12(6-4-11)28(18,24)25)26-16(23)13-9-27-17(2)8-7-14(21)20(13)17/h3-6,10,13H,7-9H2,1-2H3,(H,19,22)(H2,18,24,25)/t10-,13+,17+/m0/s1. The van der Waals surface area contributed by atoms with Crippen molar-refractivity contribution in [3.05, 3.63) is 24.3 Å². The first-order valence-electron chi connectivity index (χ1n) is 8.61. The van der Waals surface area contributed by atoms with Crippen molar-refractivity contribution in [1.82, 2.24) is 4.90 Å². The molecule has 0 aromatic heterocycles. The number of rotatable bonds is 5. The molecule has 0 bridgehead atoms. The predicted molar refractivity (Wildman–Crippen MR) is 103 cm³/mol. The first-order valence-corrected chi connectivity index (χ1v) is 11.1. The van der Waals surface area contributed by atoms with E-state index in [1.807, 2.05) is 6.92 Å². The molecular formula is C17H21N3O6S2. The molecule has 1 aromatic carbocycles. The minimum Gasteiger partial charge on any atom is -0.451 e. The summed E-state index contributed by atoms with van der Waals surface area (Å²) in [5.74, 6) is -0.831. The lowest BCUT2D eigenvalue weighted by molar-refractivity contribution is -0.160. The molecule has 3 rings (SSSR count). The smallest absolute Gasteiger partial charge is 0.330 e. The lowest BCUT2D eigenvalue weighted by Gasteiger charge is -2.29. The summed E-state index contributed by atoms with van der Waals surface area (Å²) in [6, 6.07) is 4.59. The Morgan fingerprint density at radius 1 is 1.36 bits per heavy atom. The van der Waals surface area contributed by atoms with E-state index < -0.39 is 38.9 Å². The monoisotopic (exact) mass is 427 g/mol. The molecule has 0 aliphatic carbocycles. The maximum Gasteiger partial charge on any atom is 0.330 e. The highest BCUT2D eigenvalue weighted by molar-refractivity contribution is 8.01. The Morgan fingerprint density at radius 3 is 2.61 bits per heavy atom. The number of nitrogens with one attached hydrogen (secondary N) is 1. The second-order valence-corrected chi connectivity index (χ2v) is 9.97. The molecule has 2 aliphatic rings. The summed E-state index contributed by atoms with van der Waals surface area (Å²) in [6.45, 7) is 3.36. The molecule has 28 heavy (non-hydrogen) atoms. The number of hydrogen-bond acceptors (Lipinski definition) is 7. The van der Waals surface area contributed by atoms with E-state index >= 15 is 0 Å². The van der Waals surface area contributed by atoms with Crippen molar-refractivity contribution in [3.8, 4) is 0 Å². The number of carbonyl (C=O) groups excluding carboxylic acids is 3. The van der Waals surface area contributed by atoms with Gasteiger partial charge in [-0.1, -0.05) is 0 Å². The van der Waals surface area contributed by atoms with Crippen LogP contribution in [0, 0.1) is 0 Å². The van der Waals surface area contributed by atoms with Crippen LogP contribution in [0.1, 0.15) is 26.7 Å². The number of primary sulfonamides is 1. The van der Waals surface area contributed by atoms with E-state index in [-0.39, 0.29) is 10.8 Å². The summed E-state index contributed by atoms with van der Waals surface area (Å²) in [6.07, 6.45) is 0.00263. The van der Waals surface area contributed by atoms with Crippen molar-refractivity contribution in [3.63, 3.8) is 0 Å². The molecule has 3 atom stereocenters. The fourth-order valence-electron chi connectivity index (χ4n) is 3.27. The molecule has 0 radical (unpaired) electrons. The molecule has 3 N–H and O–H groups in total. The summed E-state index contributed by atoms with van der Waals surface area (Å²) in [7, 11) is -3.82. The van der Waals surface area contributed by atoms with Crippen molar-refractivity contribution < 1.29 is 27.5 Å². The number of fused-ring (bicyclic) bond motifs is 1. The molecule has 11 heteroatoms. The number of hydrogen-bond donors (Lipinski definition) is 2. The summed E-state index contributed by atoms with van der Waals surface area (Å²) in [4.78, 5) is 38.0. The molecule has 9 nitrogen and oxygen atoms in total. The highest BCUT2D eigenvalue weighted by atomic mass is 32.2. The molecule has 0 spiro atoms. The molecule has 1 aromatic rings. The average molecular weight is 428 g/mol. The van der Waals surface area contributed by atoms with Crippen LogP contribution in [0.4, 0.5) is 5.69 Å². The first-order chi connectivity index (χ1) is 13.0. The Hall–Kier alpha value is -2.11. The fourth-order valence-corrected chi connectivity index (χ4v) is 5.21. The minimum absolute atomic E-state index is 0.0814. The normalized spacial score (nSPS) is 25.3. The van der Waals surface area contributed by atoms with Crippen LogP contribution in [0.25, 0.3) is 0 Å². The van der Waals surface area contributed by atoms with Gasteiger partial charge >= 0.3 is 5.97 Å². The van der Waals surface area contributed by atoms with Crippen molar-refractivity contribution in [2.24, 2.45) is 5.14 Å². The Morgan fingerprint density at radius 2 is 2.00 bits per heavy atom. The molecule has 2 amide bonds. The number of carbonyl (C=O) groups is 3. The summed E-state index contributed by atoms with van der Waals surface area (Å²) >= 11 is 1.54. The summed E-state index contributed by atoms with van der Waals surface area (Å²) in [5, 5.41) is 7.57. The van der Waals surface area contributed by atoms with Crippen LogP contribution in [0.5, 0.6) is 0 Å². The van der Waals surface area contributed by atoms with Crippen LogP contribution in [0.15, 0.2) is 29.2 Å². The number of sulfonamides is 1. The number of ether oxygens (including phenoxy) is 1. The zero-order valence-corrected chi connectivity index (χ0v) is 17.0. The number of amides is 2. The van der Waals surface area contributed by atoms with E-state index in [4.69, 9.17) is 9.88 Å². The number of anilines is 1. The zero-order valence-electron chi connectivity index (χ0n) is 15.4. The van der Waals surface area contributed by atoms with Crippen LogP contribution in [0.3, 0.4) is 0 Å². The van der Waals surface area contributed by atoms with Crippen LogP contribution in [-0.2, 0) is 29.1 Å². The third kappa shape index (κ3) is 4.01. The van der Waals surface area contributed by atoms with E-state index in [1.165, 1.54) is 31.2 Å². The van der Waals surface area contributed by atoms with Gasteiger partial charge < -0.3 is 15.0 Å². The van der Waals surface area contributed by atoms with Gasteiger partial charge in [0.15, 0.2) is 6.10 Å². The Bertz CT molecular complexity index is 917. The third-order valence-corrected chi connectivity index (χ3v) is 7.26. The van der Waals surface area contributed by atoms with Gasteiger partial charge in [0.05, 0.1) is 9.77 Å².